The predicted molar refractivity (Wildman–Crippen MR) is 63.1 cm³/mol. The summed E-state index contributed by atoms with van der Waals surface area (Å²) >= 11 is 7.41. The van der Waals surface area contributed by atoms with Crippen LogP contribution < -0.4 is 0 Å². The van der Waals surface area contributed by atoms with E-state index >= 15 is 0 Å². The Balaban J connectivity index is 2.68. The molecule has 15 heavy (non-hydrogen) atoms. The van der Waals surface area contributed by atoms with Crippen LogP contribution in [0.4, 0.5) is 4.39 Å². The fourth-order valence-corrected chi connectivity index (χ4v) is 1.86. The average Bonchev–Trinajstić information content (AvgIpc) is 2.21. The van der Waals surface area contributed by atoms with Crippen LogP contribution >= 0.6 is 23.4 Å². The second-order valence-electron chi connectivity index (χ2n) is 3.16. The summed E-state index contributed by atoms with van der Waals surface area (Å²) in [5, 5.41) is 0.326. The number of halogens is 2. The Kier molecular flexibility index (Phi) is 5.12. The van der Waals surface area contributed by atoms with Gasteiger partial charge in [-0.1, -0.05) is 17.7 Å². The van der Waals surface area contributed by atoms with Crippen molar-refractivity contribution in [2.24, 2.45) is 0 Å². The van der Waals surface area contributed by atoms with Crippen molar-refractivity contribution < 1.29 is 9.18 Å². The van der Waals surface area contributed by atoms with Crippen molar-refractivity contribution in [1.29, 1.82) is 0 Å². The maximum atomic E-state index is 13.3. The zero-order chi connectivity index (χ0) is 11.3. The summed E-state index contributed by atoms with van der Waals surface area (Å²) in [5.41, 5.74) is 0.310. The van der Waals surface area contributed by atoms with Crippen LogP contribution in [0.25, 0.3) is 0 Å². The van der Waals surface area contributed by atoms with Gasteiger partial charge in [0.1, 0.15) is 11.6 Å². The SMILES string of the molecule is CSCCC(=O)Cc1c(F)cccc1Cl. The van der Waals surface area contributed by atoms with Crippen molar-refractivity contribution in [1.82, 2.24) is 0 Å². The van der Waals surface area contributed by atoms with E-state index in [9.17, 15) is 9.18 Å². The van der Waals surface area contributed by atoms with E-state index in [-0.39, 0.29) is 12.2 Å². The van der Waals surface area contributed by atoms with E-state index in [4.69, 9.17) is 11.6 Å². The predicted octanol–water partition coefficient (Wildman–Crippen LogP) is 3.34. The van der Waals surface area contributed by atoms with Crippen LogP contribution in [0, 0.1) is 5.82 Å². The summed E-state index contributed by atoms with van der Waals surface area (Å²) in [6.45, 7) is 0. The molecule has 0 radical (unpaired) electrons. The molecule has 4 heteroatoms. The number of ketones is 1. The monoisotopic (exact) mass is 246 g/mol. The lowest BCUT2D eigenvalue weighted by Gasteiger charge is -2.04. The molecule has 0 heterocycles. The van der Waals surface area contributed by atoms with E-state index in [2.05, 4.69) is 0 Å². The number of thioether (sulfide) groups is 1. The summed E-state index contributed by atoms with van der Waals surface area (Å²) in [6.07, 6.45) is 2.49. The number of Topliss-reactive ketones (excluding diaryl/α,β-unsaturated/α-hetero) is 1. The fraction of sp³-hybridized carbons (Fsp3) is 0.364. The largest absolute Gasteiger partial charge is 0.299 e. The van der Waals surface area contributed by atoms with Crippen LogP contribution in [-0.2, 0) is 11.2 Å². The van der Waals surface area contributed by atoms with Crippen LogP contribution in [0.3, 0.4) is 0 Å². The van der Waals surface area contributed by atoms with Gasteiger partial charge in [0, 0.05) is 23.4 Å². The summed E-state index contributed by atoms with van der Waals surface area (Å²) < 4.78 is 13.3. The zero-order valence-electron chi connectivity index (χ0n) is 8.43. The second kappa shape index (κ2) is 6.13. The Bertz CT molecular complexity index is 334. The van der Waals surface area contributed by atoms with E-state index in [1.807, 2.05) is 6.26 Å². The summed E-state index contributed by atoms with van der Waals surface area (Å²) in [7, 11) is 0. The van der Waals surface area contributed by atoms with Gasteiger partial charge in [-0.3, -0.25) is 4.79 Å². The van der Waals surface area contributed by atoms with Crippen molar-refractivity contribution in [3.63, 3.8) is 0 Å². The minimum absolute atomic E-state index is 0.0244. The maximum absolute atomic E-state index is 13.3. The standard InChI is InChI=1S/C11H12ClFOS/c1-15-6-5-8(14)7-9-10(12)3-2-4-11(9)13/h2-4H,5-7H2,1H3. The molecule has 0 saturated carbocycles. The minimum Gasteiger partial charge on any atom is -0.299 e. The first-order chi connectivity index (χ1) is 7.15. The van der Waals surface area contributed by atoms with Crippen molar-refractivity contribution >= 4 is 29.1 Å². The molecule has 0 bridgehead atoms. The zero-order valence-corrected chi connectivity index (χ0v) is 10.00. The van der Waals surface area contributed by atoms with Crippen molar-refractivity contribution in [2.75, 3.05) is 12.0 Å². The third kappa shape index (κ3) is 3.84. The van der Waals surface area contributed by atoms with Crippen molar-refractivity contribution in [3.8, 4) is 0 Å². The third-order valence-electron chi connectivity index (χ3n) is 2.02. The van der Waals surface area contributed by atoms with E-state index in [1.165, 1.54) is 12.1 Å². The molecule has 1 nitrogen and oxygen atoms in total. The first-order valence-corrected chi connectivity index (χ1v) is 6.36. The van der Waals surface area contributed by atoms with Crippen LogP contribution in [0.2, 0.25) is 5.02 Å². The van der Waals surface area contributed by atoms with Gasteiger partial charge in [-0.25, -0.2) is 4.39 Å². The molecule has 0 atom stereocenters. The molecular weight excluding hydrogens is 235 g/mol. The highest BCUT2D eigenvalue weighted by Crippen LogP contribution is 2.20. The lowest BCUT2D eigenvalue weighted by atomic mass is 10.1. The molecule has 0 aliphatic heterocycles. The Hall–Kier alpha value is -0.540. The van der Waals surface area contributed by atoms with Crippen LogP contribution in [0.5, 0.6) is 0 Å². The van der Waals surface area contributed by atoms with Crippen molar-refractivity contribution in [3.05, 3.63) is 34.6 Å². The normalized spacial score (nSPS) is 10.3. The van der Waals surface area contributed by atoms with Gasteiger partial charge in [-0.2, -0.15) is 11.8 Å². The van der Waals surface area contributed by atoms with Gasteiger partial charge in [0.2, 0.25) is 0 Å². The first kappa shape index (κ1) is 12.5. The molecule has 0 aliphatic rings. The smallest absolute Gasteiger partial charge is 0.138 e. The van der Waals surface area contributed by atoms with Gasteiger partial charge in [-0.05, 0) is 24.1 Å². The van der Waals surface area contributed by atoms with Gasteiger partial charge in [0.25, 0.3) is 0 Å². The van der Waals surface area contributed by atoms with Gasteiger partial charge in [-0.15, -0.1) is 0 Å². The fourth-order valence-electron chi connectivity index (χ4n) is 1.20. The summed E-state index contributed by atoms with van der Waals surface area (Å²) in [4.78, 5) is 11.4. The highest BCUT2D eigenvalue weighted by Gasteiger charge is 2.11. The lowest BCUT2D eigenvalue weighted by molar-refractivity contribution is -0.118. The maximum Gasteiger partial charge on any atom is 0.138 e. The molecule has 0 unspecified atom stereocenters. The van der Waals surface area contributed by atoms with E-state index in [0.29, 0.717) is 17.0 Å². The molecule has 0 spiro atoms. The Morgan fingerprint density at radius 1 is 1.53 bits per heavy atom. The highest BCUT2D eigenvalue weighted by atomic mass is 35.5. The van der Waals surface area contributed by atoms with E-state index < -0.39 is 5.82 Å². The molecule has 0 amide bonds. The molecule has 1 rings (SSSR count). The summed E-state index contributed by atoms with van der Waals surface area (Å²) in [5.74, 6) is 0.390. The minimum atomic E-state index is -0.403. The molecule has 1 aromatic carbocycles. The Labute approximate surface area is 98.0 Å². The number of hydrogen-bond donors (Lipinski definition) is 0. The molecule has 82 valence electrons. The number of carbonyl (C=O) groups excluding carboxylic acids is 1. The lowest BCUT2D eigenvalue weighted by Crippen LogP contribution is -2.06. The van der Waals surface area contributed by atoms with Gasteiger partial charge < -0.3 is 0 Å². The van der Waals surface area contributed by atoms with Gasteiger partial charge in [0.05, 0.1) is 0 Å². The molecular formula is C11H12ClFOS. The topological polar surface area (TPSA) is 17.1 Å². The van der Waals surface area contributed by atoms with Gasteiger partial charge >= 0.3 is 0 Å². The molecule has 0 aliphatic carbocycles. The third-order valence-corrected chi connectivity index (χ3v) is 2.99. The van der Waals surface area contributed by atoms with Crippen LogP contribution in [0.1, 0.15) is 12.0 Å². The number of carbonyl (C=O) groups is 1. The number of hydrogen-bond acceptors (Lipinski definition) is 2. The number of rotatable bonds is 5. The average molecular weight is 247 g/mol. The van der Waals surface area contributed by atoms with Gasteiger partial charge in [0.15, 0.2) is 0 Å². The molecule has 0 saturated heterocycles. The van der Waals surface area contributed by atoms with E-state index in [1.54, 1.807) is 17.8 Å². The van der Waals surface area contributed by atoms with Crippen molar-refractivity contribution in [2.45, 2.75) is 12.8 Å². The Morgan fingerprint density at radius 2 is 2.27 bits per heavy atom. The van der Waals surface area contributed by atoms with E-state index in [0.717, 1.165) is 5.75 Å². The highest BCUT2D eigenvalue weighted by molar-refractivity contribution is 7.98. The van der Waals surface area contributed by atoms with Crippen LogP contribution in [0.15, 0.2) is 18.2 Å². The molecule has 0 aromatic heterocycles. The molecule has 1 aromatic rings. The Morgan fingerprint density at radius 3 is 2.87 bits per heavy atom. The quantitative estimate of drug-likeness (QED) is 0.793. The van der Waals surface area contributed by atoms with Crippen LogP contribution in [-0.4, -0.2) is 17.8 Å². The molecule has 0 fully saturated rings. The summed E-state index contributed by atoms with van der Waals surface area (Å²) in [6, 6.07) is 4.46. The molecule has 0 N–H and O–H groups in total. The second-order valence-corrected chi connectivity index (χ2v) is 4.55. The first-order valence-electron chi connectivity index (χ1n) is 4.58. The number of benzene rings is 1.